The summed E-state index contributed by atoms with van der Waals surface area (Å²) in [7, 11) is 0. The summed E-state index contributed by atoms with van der Waals surface area (Å²) in [6, 6.07) is 3.94. The molecule has 3 rings (SSSR count). The second kappa shape index (κ2) is 4.97. The number of nitrogens with zero attached hydrogens (tertiary/aromatic N) is 3. The summed E-state index contributed by atoms with van der Waals surface area (Å²) in [4.78, 5) is 3.93. The molecule has 0 fully saturated rings. The van der Waals surface area contributed by atoms with Crippen LogP contribution in [-0.2, 0) is 6.54 Å². The Hall–Kier alpha value is -1.56. The highest BCUT2D eigenvalue weighted by atomic mass is 79.9. The van der Waals surface area contributed by atoms with E-state index in [1.54, 1.807) is 11.0 Å². The number of fused-ring (bicyclic) bond motifs is 1. The normalized spacial score (nSPS) is 14.3. The number of ether oxygens (including phenoxy) is 2. The van der Waals surface area contributed by atoms with Crippen LogP contribution in [0.15, 0.2) is 29.3 Å². The van der Waals surface area contributed by atoms with Gasteiger partial charge in [-0.2, -0.15) is 5.10 Å². The highest BCUT2D eigenvalue weighted by Gasteiger charge is 2.14. The molecule has 0 amide bonds. The molecule has 94 valence electrons. The number of hydrogen-bond acceptors (Lipinski definition) is 4. The maximum absolute atomic E-state index is 5.67. The van der Waals surface area contributed by atoms with Crippen molar-refractivity contribution in [2.45, 2.75) is 13.0 Å². The molecule has 1 aromatic carbocycles. The molecule has 1 aromatic heterocycles. The lowest BCUT2D eigenvalue weighted by Gasteiger charge is -2.11. The molecule has 0 radical (unpaired) electrons. The van der Waals surface area contributed by atoms with Gasteiger partial charge < -0.3 is 9.47 Å². The molecule has 0 saturated heterocycles. The van der Waals surface area contributed by atoms with Gasteiger partial charge in [0.1, 0.15) is 12.7 Å². The van der Waals surface area contributed by atoms with Gasteiger partial charge >= 0.3 is 0 Å². The molecule has 2 aromatic rings. The van der Waals surface area contributed by atoms with Crippen LogP contribution in [-0.4, -0.2) is 28.0 Å². The van der Waals surface area contributed by atoms with Crippen LogP contribution in [0.2, 0.25) is 0 Å². The quantitative estimate of drug-likeness (QED) is 0.854. The lowest BCUT2D eigenvalue weighted by Crippen LogP contribution is -2.02. The molecule has 0 aliphatic carbocycles. The van der Waals surface area contributed by atoms with Gasteiger partial charge in [0, 0.05) is 10.9 Å². The monoisotopic (exact) mass is 309 g/mol. The maximum atomic E-state index is 5.67. The van der Waals surface area contributed by atoms with Gasteiger partial charge in [-0.25, -0.2) is 9.67 Å². The molecular formula is C12H12BrN3O2. The van der Waals surface area contributed by atoms with E-state index in [1.807, 2.05) is 12.1 Å². The van der Waals surface area contributed by atoms with E-state index in [0.717, 1.165) is 28.0 Å². The Morgan fingerprint density at radius 2 is 2.00 bits per heavy atom. The van der Waals surface area contributed by atoms with Crippen molar-refractivity contribution in [2.75, 3.05) is 13.2 Å². The third-order valence-corrected chi connectivity index (χ3v) is 3.45. The molecule has 1 aliphatic rings. The largest absolute Gasteiger partial charge is 0.490 e. The van der Waals surface area contributed by atoms with E-state index >= 15 is 0 Å². The van der Waals surface area contributed by atoms with Gasteiger partial charge in [0.25, 0.3) is 0 Å². The lowest BCUT2D eigenvalue weighted by atomic mass is 10.2. The minimum atomic E-state index is 0.650. The molecule has 0 N–H and O–H groups in total. The van der Waals surface area contributed by atoms with Crippen LogP contribution in [0.4, 0.5) is 0 Å². The van der Waals surface area contributed by atoms with Gasteiger partial charge in [-0.15, -0.1) is 0 Å². The fraction of sp³-hybridized carbons (Fsp3) is 0.333. The summed E-state index contributed by atoms with van der Waals surface area (Å²) < 4.78 is 14.1. The predicted molar refractivity (Wildman–Crippen MR) is 68.9 cm³/mol. The first kappa shape index (κ1) is 11.5. The van der Waals surface area contributed by atoms with Gasteiger partial charge in [-0.3, -0.25) is 0 Å². The van der Waals surface area contributed by atoms with Crippen LogP contribution in [0.1, 0.15) is 12.0 Å². The van der Waals surface area contributed by atoms with Crippen LogP contribution in [0.25, 0.3) is 0 Å². The van der Waals surface area contributed by atoms with Crippen LogP contribution < -0.4 is 9.47 Å². The van der Waals surface area contributed by atoms with Crippen molar-refractivity contribution in [2.24, 2.45) is 0 Å². The smallest absolute Gasteiger partial charge is 0.162 e. The number of aromatic nitrogens is 3. The van der Waals surface area contributed by atoms with E-state index in [1.165, 1.54) is 6.33 Å². The zero-order valence-electron chi connectivity index (χ0n) is 9.67. The van der Waals surface area contributed by atoms with Crippen molar-refractivity contribution in [1.82, 2.24) is 14.8 Å². The fourth-order valence-electron chi connectivity index (χ4n) is 1.84. The summed E-state index contributed by atoms with van der Waals surface area (Å²) in [5.74, 6) is 1.59. The standard InChI is InChI=1S/C12H12BrN3O2/c13-10-5-12-11(17-2-1-3-18-12)4-9(10)6-16-8-14-7-15-16/h4-5,7-8H,1-3,6H2. The van der Waals surface area contributed by atoms with Crippen molar-refractivity contribution in [1.29, 1.82) is 0 Å². The van der Waals surface area contributed by atoms with Gasteiger partial charge in [-0.05, 0) is 17.7 Å². The van der Waals surface area contributed by atoms with Crippen molar-refractivity contribution in [3.05, 3.63) is 34.8 Å². The van der Waals surface area contributed by atoms with E-state index in [4.69, 9.17) is 9.47 Å². The molecular weight excluding hydrogens is 298 g/mol. The highest BCUT2D eigenvalue weighted by molar-refractivity contribution is 9.10. The zero-order chi connectivity index (χ0) is 12.4. The maximum Gasteiger partial charge on any atom is 0.162 e. The first-order valence-electron chi connectivity index (χ1n) is 5.73. The Kier molecular flexibility index (Phi) is 3.19. The third kappa shape index (κ3) is 2.33. The minimum Gasteiger partial charge on any atom is -0.490 e. The second-order valence-corrected chi connectivity index (χ2v) is 4.89. The lowest BCUT2D eigenvalue weighted by molar-refractivity contribution is 0.297. The molecule has 0 atom stereocenters. The summed E-state index contributed by atoms with van der Waals surface area (Å²) in [5, 5.41) is 4.10. The molecule has 2 heterocycles. The molecule has 0 bridgehead atoms. The van der Waals surface area contributed by atoms with Crippen LogP contribution in [0.5, 0.6) is 11.5 Å². The third-order valence-electron chi connectivity index (χ3n) is 2.72. The van der Waals surface area contributed by atoms with E-state index in [-0.39, 0.29) is 0 Å². The Labute approximate surface area is 113 Å². The Morgan fingerprint density at radius 3 is 2.72 bits per heavy atom. The summed E-state index contributed by atoms with van der Waals surface area (Å²) >= 11 is 3.55. The van der Waals surface area contributed by atoms with E-state index in [2.05, 4.69) is 26.0 Å². The fourth-order valence-corrected chi connectivity index (χ4v) is 2.28. The average molecular weight is 310 g/mol. The Bertz CT molecular complexity index is 543. The summed E-state index contributed by atoms with van der Waals surface area (Å²) in [6.07, 6.45) is 4.12. The van der Waals surface area contributed by atoms with Crippen molar-refractivity contribution >= 4 is 15.9 Å². The molecule has 1 aliphatic heterocycles. The number of rotatable bonds is 2. The number of hydrogen-bond donors (Lipinski definition) is 0. The minimum absolute atomic E-state index is 0.650. The summed E-state index contributed by atoms with van der Waals surface area (Å²) in [5.41, 5.74) is 1.09. The average Bonchev–Trinajstić information content (AvgIpc) is 2.76. The highest BCUT2D eigenvalue weighted by Crippen LogP contribution is 2.35. The van der Waals surface area contributed by atoms with Crippen molar-refractivity contribution in [3.8, 4) is 11.5 Å². The Morgan fingerprint density at radius 1 is 1.22 bits per heavy atom. The molecule has 0 saturated carbocycles. The van der Waals surface area contributed by atoms with Crippen LogP contribution in [0.3, 0.4) is 0 Å². The molecule has 6 heteroatoms. The topological polar surface area (TPSA) is 49.2 Å². The molecule has 5 nitrogen and oxygen atoms in total. The van der Waals surface area contributed by atoms with Gasteiger partial charge in [0.2, 0.25) is 0 Å². The second-order valence-electron chi connectivity index (χ2n) is 4.03. The number of benzene rings is 1. The Balaban J connectivity index is 1.93. The van der Waals surface area contributed by atoms with Crippen LogP contribution >= 0.6 is 15.9 Å². The summed E-state index contributed by atoms with van der Waals surface area (Å²) in [6.45, 7) is 2.04. The van der Waals surface area contributed by atoms with E-state index < -0.39 is 0 Å². The molecule has 0 spiro atoms. The van der Waals surface area contributed by atoms with E-state index in [9.17, 15) is 0 Å². The van der Waals surface area contributed by atoms with Gasteiger partial charge in [0.15, 0.2) is 11.5 Å². The SMILES string of the molecule is Brc1cc2c(cc1Cn1cncn1)OCCCO2. The van der Waals surface area contributed by atoms with Crippen molar-refractivity contribution in [3.63, 3.8) is 0 Å². The van der Waals surface area contributed by atoms with Crippen molar-refractivity contribution < 1.29 is 9.47 Å². The first-order chi connectivity index (χ1) is 8.83. The van der Waals surface area contributed by atoms with Crippen LogP contribution in [0, 0.1) is 0 Å². The molecule has 18 heavy (non-hydrogen) atoms. The number of halogens is 1. The van der Waals surface area contributed by atoms with Gasteiger partial charge in [-0.1, -0.05) is 15.9 Å². The van der Waals surface area contributed by atoms with Gasteiger partial charge in [0.05, 0.1) is 19.8 Å². The first-order valence-corrected chi connectivity index (χ1v) is 6.52. The molecule has 0 unspecified atom stereocenters. The zero-order valence-corrected chi connectivity index (χ0v) is 11.3. The van der Waals surface area contributed by atoms with E-state index in [0.29, 0.717) is 19.8 Å². The predicted octanol–water partition coefficient (Wildman–Crippen LogP) is 2.25.